The number of likely N-dealkylation sites (tertiary alicyclic amines) is 1. The van der Waals surface area contributed by atoms with Gasteiger partial charge in [-0.2, -0.15) is 0 Å². The molecule has 1 atom stereocenters. The summed E-state index contributed by atoms with van der Waals surface area (Å²) in [6.07, 6.45) is 4.62. The maximum absolute atomic E-state index is 10.6. The normalized spacial score (nSPS) is 19.0. The summed E-state index contributed by atoms with van der Waals surface area (Å²) >= 11 is 0. The van der Waals surface area contributed by atoms with Crippen molar-refractivity contribution in [2.75, 3.05) is 26.2 Å². The average molecular weight is 314 g/mol. The number of rotatable bonds is 6. The van der Waals surface area contributed by atoms with Crippen molar-refractivity contribution in [1.29, 1.82) is 0 Å². The Hall–Kier alpha value is -1.17. The van der Waals surface area contributed by atoms with Crippen LogP contribution in [0.4, 0.5) is 5.69 Å². The summed E-state index contributed by atoms with van der Waals surface area (Å²) in [5, 5.41) is 10.6. The Balaban J connectivity index is 0.00000220. The number of benzene rings is 1. The number of hydrogen-bond acceptors (Lipinski definition) is 4. The van der Waals surface area contributed by atoms with Crippen molar-refractivity contribution >= 4 is 18.1 Å². The summed E-state index contributed by atoms with van der Waals surface area (Å²) in [5.41, 5.74) is 6.96. The summed E-state index contributed by atoms with van der Waals surface area (Å²) in [4.78, 5) is 12.7. The van der Waals surface area contributed by atoms with Crippen molar-refractivity contribution in [1.82, 2.24) is 4.90 Å². The van der Waals surface area contributed by atoms with Gasteiger partial charge >= 0.3 is 0 Å². The molecule has 1 aliphatic heterocycles. The predicted molar refractivity (Wildman–Crippen MR) is 86.9 cm³/mol. The minimum atomic E-state index is -0.355. The van der Waals surface area contributed by atoms with Crippen LogP contribution in [0, 0.1) is 16.0 Å². The lowest BCUT2D eigenvalue weighted by Crippen LogP contribution is -2.37. The predicted octanol–water partition coefficient (Wildman–Crippen LogP) is 2.62. The topological polar surface area (TPSA) is 72.4 Å². The van der Waals surface area contributed by atoms with Gasteiger partial charge in [0.15, 0.2) is 0 Å². The standard InChI is InChI=1S/C15H23N3O2.ClH/c16-9-7-14-2-1-10-17(12-14)11-8-13-3-5-15(6-4-13)18(19)20;/h3-6,14H,1-2,7-12,16H2;1H. The minimum Gasteiger partial charge on any atom is -0.330 e. The number of hydrogen-bond donors (Lipinski definition) is 1. The van der Waals surface area contributed by atoms with E-state index in [0.717, 1.165) is 50.5 Å². The van der Waals surface area contributed by atoms with E-state index in [1.165, 1.54) is 12.8 Å². The molecule has 2 N–H and O–H groups in total. The lowest BCUT2D eigenvalue weighted by molar-refractivity contribution is -0.384. The summed E-state index contributed by atoms with van der Waals surface area (Å²) < 4.78 is 0. The van der Waals surface area contributed by atoms with Crippen LogP contribution in [0.1, 0.15) is 24.8 Å². The fourth-order valence-electron chi connectivity index (χ4n) is 2.90. The van der Waals surface area contributed by atoms with Gasteiger partial charge in [-0.25, -0.2) is 0 Å². The molecular weight excluding hydrogens is 290 g/mol. The number of nitrogens with two attached hydrogens (primary N) is 1. The van der Waals surface area contributed by atoms with Crippen molar-refractivity contribution in [3.63, 3.8) is 0 Å². The first-order valence-electron chi connectivity index (χ1n) is 7.35. The van der Waals surface area contributed by atoms with Crippen molar-refractivity contribution in [3.05, 3.63) is 39.9 Å². The molecule has 0 aliphatic carbocycles. The number of nitro groups is 1. The number of halogens is 1. The smallest absolute Gasteiger partial charge is 0.269 e. The summed E-state index contributed by atoms with van der Waals surface area (Å²) in [6, 6.07) is 6.89. The quantitative estimate of drug-likeness (QED) is 0.647. The van der Waals surface area contributed by atoms with Crippen LogP contribution in [0.25, 0.3) is 0 Å². The molecule has 1 aliphatic rings. The molecule has 21 heavy (non-hydrogen) atoms. The van der Waals surface area contributed by atoms with Crippen molar-refractivity contribution in [3.8, 4) is 0 Å². The van der Waals surface area contributed by atoms with E-state index < -0.39 is 0 Å². The lowest BCUT2D eigenvalue weighted by atomic mass is 9.94. The molecule has 1 aromatic rings. The van der Waals surface area contributed by atoms with Gasteiger partial charge in [-0.05, 0) is 50.3 Å². The van der Waals surface area contributed by atoms with Crippen LogP contribution in [0.5, 0.6) is 0 Å². The van der Waals surface area contributed by atoms with Gasteiger partial charge in [0.2, 0.25) is 0 Å². The highest BCUT2D eigenvalue weighted by atomic mass is 35.5. The first-order chi connectivity index (χ1) is 9.69. The highest BCUT2D eigenvalue weighted by Crippen LogP contribution is 2.19. The van der Waals surface area contributed by atoms with Crippen LogP contribution in [0.2, 0.25) is 0 Å². The van der Waals surface area contributed by atoms with E-state index >= 15 is 0 Å². The summed E-state index contributed by atoms with van der Waals surface area (Å²) in [6.45, 7) is 4.11. The maximum atomic E-state index is 10.6. The van der Waals surface area contributed by atoms with E-state index in [9.17, 15) is 10.1 Å². The van der Waals surface area contributed by atoms with Crippen molar-refractivity contribution in [2.24, 2.45) is 11.7 Å². The third kappa shape index (κ3) is 5.61. The first kappa shape index (κ1) is 17.9. The molecular formula is C15H24ClN3O2. The maximum Gasteiger partial charge on any atom is 0.269 e. The molecule has 0 amide bonds. The zero-order valence-electron chi connectivity index (χ0n) is 12.2. The number of piperidine rings is 1. The molecule has 0 spiro atoms. The second kappa shape index (κ2) is 8.97. The van der Waals surface area contributed by atoms with Crippen LogP contribution in [0.15, 0.2) is 24.3 Å². The van der Waals surface area contributed by atoms with Gasteiger partial charge in [-0.3, -0.25) is 10.1 Å². The van der Waals surface area contributed by atoms with Gasteiger partial charge < -0.3 is 10.6 Å². The zero-order chi connectivity index (χ0) is 14.4. The number of nitrogens with zero attached hydrogens (tertiary/aromatic N) is 2. The average Bonchev–Trinajstić information content (AvgIpc) is 2.46. The molecule has 0 radical (unpaired) electrons. The van der Waals surface area contributed by atoms with E-state index in [4.69, 9.17) is 5.73 Å². The van der Waals surface area contributed by atoms with Crippen molar-refractivity contribution < 1.29 is 4.92 Å². The van der Waals surface area contributed by atoms with Gasteiger partial charge in [0.25, 0.3) is 5.69 Å². The molecule has 118 valence electrons. The highest BCUT2D eigenvalue weighted by Gasteiger charge is 2.18. The minimum absolute atomic E-state index is 0. The lowest BCUT2D eigenvalue weighted by Gasteiger charge is -2.32. The van der Waals surface area contributed by atoms with Crippen molar-refractivity contribution in [2.45, 2.75) is 25.7 Å². The molecule has 2 rings (SSSR count). The largest absolute Gasteiger partial charge is 0.330 e. The zero-order valence-corrected chi connectivity index (χ0v) is 13.1. The summed E-state index contributed by atoms with van der Waals surface area (Å²) in [5.74, 6) is 0.741. The van der Waals surface area contributed by atoms with E-state index in [1.54, 1.807) is 12.1 Å². The Morgan fingerprint density at radius 1 is 1.33 bits per heavy atom. The van der Waals surface area contributed by atoms with Crippen LogP contribution >= 0.6 is 12.4 Å². The van der Waals surface area contributed by atoms with E-state index in [-0.39, 0.29) is 23.0 Å². The Labute approximate surface area is 132 Å². The molecule has 1 heterocycles. The number of nitro benzene ring substituents is 1. The second-order valence-corrected chi connectivity index (χ2v) is 5.56. The van der Waals surface area contributed by atoms with Gasteiger partial charge in [-0.1, -0.05) is 12.1 Å². The molecule has 0 saturated carbocycles. The Bertz CT molecular complexity index is 437. The third-order valence-corrected chi connectivity index (χ3v) is 4.04. The fraction of sp³-hybridized carbons (Fsp3) is 0.600. The van der Waals surface area contributed by atoms with Crippen LogP contribution in [-0.4, -0.2) is 36.0 Å². The molecule has 1 unspecified atom stereocenters. The van der Waals surface area contributed by atoms with Crippen LogP contribution in [-0.2, 0) is 6.42 Å². The Morgan fingerprint density at radius 2 is 2.05 bits per heavy atom. The molecule has 5 nitrogen and oxygen atoms in total. The second-order valence-electron chi connectivity index (χ2n) is 5.56. The van der Waals surface area contributed by atoms with E-state index in [1.807, 2.05) is 12.1 Å². The van der Waals surface area contributed by atoms with Crippen LogP contribution in [0.3, 0.4) is 0 Å². The molecule has 1 aromatic carbocycles. The summed E-state index contributed by atoms with van der Waals surface area (Å²) in [7, 11) is 0. The highest BCUT2D eigenvalue weighted by molar-refractivity contribution is 5.85. The van der Waals surface area contributed by atoms with Gasteiger partial charge in [0.05, 0.1) is 4.92 Å². The molecule has 0 aromatic heterocycles. The third-order valence-electron chi connectivity index (χ3n) is 4.04. The Kier molecular flexibility index (Phi) is 7.64. The Morgan fingerprint density at radius 3 is 2.67 bits per heavy atom. The number of non-ortho nitro benzene ring substituents is 1. The first-order valence-corrected chi connectivity index (χ1v) is 7.35. The molecule has 1 fully saturated rings. The molecule has 0 bridgehead atoms. The fourth-order valence-corrected chi connectivity index (χ4v) is 2.90. The van der Waals surface area contributed by atoms with Gasteiger partial charge in [-0.15, -0.1) is 12.4 Å². The van der Waals surface area contributed by atoms with Gasteiger partial charge in [0.1, 0.15) is 0 Å². The van der Waals surface area contributed by atoms with Gasteiger partial charge in [0, 0.05) is 25.2 Å². The monoisotopic (exact) mass is 313 g/mol. The van der Waals surface area contributed by atoms with E-state index in [2.05, 4.69) is 4.90 Å². The SMILES string of the molecule is Cl.NCCC1CCCN(CCc2ccc([N+](=O)[O-])cc2)C1. The molecule has 6 heteroatoms. The van der Waals surface area contributed by atoms with Crippen LogP contribution < -0.4 is 5.73 Å². The molecule has 1 saturated heterocycles. The van der Waals surface area contributed by atoms with E-state index in [0.29, 0.717) is 0 Å².